The summed E-state index contributed by atoms with van der Waals surface area (Å²) in [4.78, 5) is 28.6. The summed E-state index contributed by atoms with van der Waals surface area (Å²) in [6, 6.07) is 5.99. The summed E-state index contributed by atoms with van der Waals surface area (Å²) in [5, 5.41) is 3.05. The van der Waals surface area contributed by atoms with Gasteiger partial charge in [0.2, 0.25) is 11.8 Å². The number of rotatable bonds is 8. The number of hydrogen-bond donors (Lipinski definition) is 1. The Morgan fingerprint density at radius 2 is 1.92 bits per heavy atom. The van der Waals surface area contributed by atoms with E-state index in [0.29, 0.717) is 18.9 Å². The Labute approximate surface area is 157 Å². The lowest BCUT2D eigenvalue weighted by Crippen LogP contribution is -2.33. The average Bonchev–Trinajstić information content (AvgIpc) is 2.51. The summed E-state index contributed by atoms with van der Waals surface area (Å²) < 4.78 is 0. The summed E-state index contributed by atoms with van der Waals surface area (Å²) in [6.45, 7) is 7.44. The second-order valence-corrected chi connectivity index (χ2v) is 7.88. The van der Waals surface area contributed by atoms with Crippen molar-refractivity contribution in [2.24, 2.45) is 11.8 Å². The molecule has 1 aliphatic rings. The molecule has 0 spiro atoms. The number of amides is 2. The highest BCUT2D eigenvalue weighted by molar-refractivity contribution is 5.93. The fraction of sp³-hybridized carbons (Fsp3) is 0.619. The van der Waals surface area contributed by atoms with Crippen molar-refractivity contribution >= 4 is 23.2 Å². The second-order valence-electron chi connectivity index (χ2n) is 7.88. The van der Waals surface area contributed by atoms with Gasteiger partial charge in [-0.1, -0.05) is 27.2 Å². The molecule has 26 heavy (non-hydrogen) atoms. The summed E-state index contributed by atoms with van der Waals surface area (Å²) in [6.07, 6.45) is 3.62. The van der Waals surface area contributed by atoms with E-state index in [1.54, 1.807) is 0 Å². The van der Waals surface area contributed by atoms with E-state index in [4.69, 9.17) is 0 Å². The van der Waals surface area contributed by atoms with Crippen LogP contribution in [-0.2, 0) is 16.1 Å². The maximum Gasteiger partial charge on any atom is 0.227 e. The molecule has 0 aromatic heterocycles. The summed E-state index contributed by atoms with van der Waals surface area (Å²) in [5.74, 6) is 0.844. The van der Waals surface area contributed by atoms with Crippen LogP contribution in [0.2, 0.25) is 0 Å². The number of carbonyl (C=O) groups is 2. The lowest BCUT2D eigenvalue weighted by molar-refractivity contribution is -0.132. The smallest absolute Gasteiger partial charge is 0.227 e. The van der Waals surface area contributed by atoms with Gasteiger partial charge in [0, 0.05) is 50.9 Å². The van der Waals surface area contributed by atoms with Crippen molar-refractivity contribution < 1.29 is 9.59 Å². The number of hydrogen-bond acceptors (Lipinski definition) is 3. The highest BCUT2D eigenvalue weighted by Gasteiger charge is 2.25. The van der Waals surface area contributed by atoms with Crippen molar-refractivity contribution in [2.75, 3.05) is 30.9 Å². The maximum absolute atomic E-state index is 12.4. The van der Waals surface area contributed by atoms with Crippen molar-refractivity contribution in [3.63, 3.8) is 0 Å². The second kappa shape index (κ2) is 9.06. The predicted molar refractivity (Wildman–Crippen MR) is 107 cm³/mol. The van der Waals surface area contributed by atoms with Crippen LogP contribution in [0, 0.1) is 11.8 Å². The van der Waals surface area contributed by atoms with Crippen LogP contribution in [0.1, 0.15) is 52.0 Å². The molecule has 0 heterocycles. The van der Waals surface area contributed by atoms with E-state index in [1.807, 2.05) is 44.1 Å². The first-order valence-corrected chi connectivity index (χ1v) is 9.70. The van der Waals surface area contributed by atoms with Crippen molar-refractivity contribution in [3.8, 4) is 0 Å². The van der Waals surface area contributed by atoms with E-state index in [1.165, 1.54) is 0 Å². The molecular formula is C21H33N3O2. The van der Waals surface area contributed by atoms with Crippen LogP contribution in [-0.4, -0.2) is 37.4 Å². The molecule has 5 heteroatoms. The predicted octanol–water partition coefficient (Wildman–Crippen LogP) is 3.89. The molecule has 1 aromatic carbocycles. The molecule has 0 bridgehead atoms. The summed E-state index contributed by atoms with van der Waals surface area (Å²) >= 11 is 0. The van der Waals surface area contributed by atoms with Crippen LogP contribution in [0.15, 0.2) is 18.2 Å². The van der Waals surface area contributed by atoms with Crippen molar-refractivity contribution in [3.05, 3.63) is 23.8 Å². The van der Waals surface area contributed by atoms with E-state index in [0.717, 1.165) is 42.7 Å². The molecule has 1 fully saturated rings. The zero-order valence-corrected chi connectivity index (χ0v) is 16.8. The molecule has 144 valence electrons. The number of anilines is 2. The first-order chi connectivity index (χ1) is 12.3. The molecule has 0 saturated heterocycles. The number of nitrogens with zero attached hydrogens (tertiary/aromatic N) is 2. The van der Waals surface area contributed by atoms with Gasteiger partial charge in [-0.3, -0.25) is 9.59 Å². The highest BCUT2D eigenvalue weighted by Crippen LogP contribution is 2.29. The third-order valence-electron chi connectivity index (χ3n) is 4.91. The minimum absolute atomic E-state index is 0.114. The molecule has 0 unspecified atom stereocenters. The normalized spacial score (nSPS) is 14.1. The van der Waals surface area contributed by atoms with Crippen LogP contribution >= 0.6 is 0 Å². The van der Waals surface area contributed by atoms with Gasteiger partial charge < -0.3 is 15.1 Å². The minimum Gasteiger partial charge on any atom is -0.377 e. The molecule has 0 aliphatic heterocycles. The van der Waals surface area contributed by atoms with Crippen LogP contribution in [0.25, 0.3) is 0 Å². The Morgan fingerprint density at radius 3 is 2.42 bits per heavy atom. The van der Waals surface area contributed by atoms with E-state index >= 15 is 0 Å². The van der Waals surface area contributed by atoms with Gasteiger partial charge in [-0.15, -0.1) is 0 Å². The van der Waals surface area contributed by atoms with Crippen LogP contribution in [0.4, 0.5) is 11.4 Å². The first-order valence-electron chi connectivity index (χ1n) is 9.70. The maximum atomic E-state index is 12.4. The number of benzene rings is 1. The van der Waals surface area contributed by atoms with Gasteiger partial charge in [0.25, 0.3) is 0 Å². The fourth-order valence-electron chi connectivity index (χ4n) is 3.27. The van der Waals surface area contributed by atoms with Gasteiger partial charge >= 0.3 is 0 Å². The lowest BCUT2D eigenvalue weighted by atomic mass is 9.85. The lowest BCUT2D eigenvalue weighted by Gasteiger charge is -2.28. The fourth-order valence-corrected chi connectivity index (χ4v) is 3.27. The Kier molecular flexibility index (Phi) is 7.06. The SMILES string of the molecule is CCC(=O)N(Cc1cc(NC(=O)C2CCC2)ccc1N(C)C)CC(C)C. The number of carbonyl (C=O) groups excluding carboxylic acids is 2. The third-order valence-corrected chi connectivity index (χ3v) is 4.91. The van der Waals surface area contributed by atoms with Crippen molar-refractivity contribution in [1.29, 1.82) is 0 Å². The Balaban J connectivity index is 2.22. The van der Waals surface area contributed by atoms with Gasteiger partial charge in [0.15, 0.2) is 0 Å². The van der Waals surface area contributed by atoms with E-state index in [-0.39, 0.29) is 17.7 Å². The third kappa shape index (κ3) is 5.23. The molecule has 0 radical (unpaired) electrons. The topological polar surface area (TPSA) is 52.7 Å². The monoisotopic (exact) mass is 359 g/mol. The Hall–Kier alpha value is -2.04. The van der Waals surface area contributed by atoms with E-state index in [2.05, 4.69) is 24.1 Å². The molecule has 1 aromatic rings. The summed E-state index contributed by atoms with van der Waals surface area (Å²) in [5.41, 5.74) is 2.95. The first kappa shape index (κ1) is 20.3. The van der Waals surface area contributed by atoms with E-state index < -0.39 is 0 Å². The van der Waals surface area contributed by atoms with Crippen LogP contribution < -0.4 is 10.2 Å². The van der Waals surface area contributed by atoms with E-state index in [9.17, 15) is 9.59 Å². The standard InChI is InChI=1S/C21H33N3O2/c1-6-20(25)24(13-15(2)3)14-17-12-18(10-11-19(17)23(4)5)22-21(26)16-8-7-9-16/h10-12,15-16H,6-9,13-14H2,1-5H3,(H,22,26). The Morgan fingerprint density at radius 1 is 1.23 bits per heavy atom. The van der Waals surface area contributed by atoms with Gasteiger partial charge in [-0.25, -0.2) is 0 Å². The van der Waals surface area contributed by atoms with Crippen LogP contribution in [0.5, 0.6) is 0 Å². The number of nitrogens with one attached hydrogen (secondary N) is 1. The van der Waals surface area contributed by atoms with Gasteiger partial charge in [-0.05, 0) is 42.5 Å². The van der Waals surface area contributed by atoms with Crippen molar-refractivity contribution in [2.45, 2.75) is 53.0 Å². The highest BCUT2D eigenvalue weighted by atomic mass is 16.2. The largest absolute Gasteiger partial charge is 0.377 e. The molecule has 1 saturated carbocycles. The van der Waals surface area contributed by atoms with Crippen molar-refractivity contribution in [1.82, 2.24) is 4.90 Å². The quantitative estimate of drug-likeness (QED) is 0.766. The zero-order chi connectivity index (χ0) is 19.3. The average molecular weight is 360 g/mol. The molecule has 1 aliphatic carbocycles. The zero-order valence-electron chi connectivity index (χ0n) is 16.8. The Bertz CT molecular complexity index is 636. The van der Waals surface area contributed by atoms with Gasteiger partial charge in [0.1, 0.15) is 0 Å². The van der Waals surface area contributed by atoms with Gasteiger partial charge in [-0.2, -0.15) is 0 Å². The molecule has 0 atom stereocenters. The minimum atomic E-state index is 0.114. The molecule has 5 nitrogen and oxygen atoms in total. The van der Waals surface area contributed by atoms with Crippen LogP contribution in [0.3, 0.4) is 0 Å². The molecule has 2 rings (SSSR count). The summed E-state index contributed by atoms with van der Waals surface area (Å²) in [7, 11) is 4.00. The molecular weight excluding hydrogens is 326 g/mol. The molecule has 1 N–H and O–H groups in total. The molecule has 2 amide bonds. The van der Waals surface area contributed by atoms with Gasteiger partial charge in [0.05, 0.1) is 0 Å².